The second-order valence-corrected chi connectivity index (χ2v) is 4.70. The Morgan fingerprint density at radius 3 is 1.92 bits per heavy atom. The van der Waals surface area contributed by atoms with Crippen LogP contribution in [0, 0.1) is 0 Å². The van der Waals surface area contributed by atoms with Crippen molar-refractivity contribution in [2.75, 3.05) is 0 Å². The zero-order chi connectivity index (χ0) is 17.9. The van der Waals surface area contributed by atoms with Crippen LogP contribution in [-0.2, 0) is 9.59 Å². The highest BCUT2D eigenvalue weighted by Crippen LogP contribution is 2.18. The van der Waals surface area contributed by atoms with Crippen molar-refractivity contribution in [3.05, 3.63) is 72.8 Å². The lowest BCUT2D eigenvalue weighted by Crippen LogP contribution is -2.02. The third-order valence-corrected chi connectivity index (χ3v) is 2.77. The summed E-state index contributed by atoms with van der Waals surface area (Å²) in [6.07, 6.45) is 3.38. The van der Waals surface area contributed by atoms with Gasteiger partial charge in [-0.25, -0.2) is 0 Å². The van der Waals surface area contributed by atoms with Crippen molar-refractivity contribution >= 4 is 24.1 Å². The van der Waals surface area contributed by atoms with Gasteiger partial charge in [0.1, 0.15) is 11.5 Å². The van der Waals surface area contributed by atoms with Crippen molar-refractivity contribution in [1.82, 2.24) is 0 Å². The fourth-order valence-corrected chi connectivity index (χ4v) is 1.73. The molecule has 0 heterocycles. The van der Waals surface area contributed by atoms with Gasteiger partial charge in [0.25, 0.3) is 0 Å². The first-order valence-corrected chi connectivity index (χ1v) is 7.27. The highest BCUT2D eigenvalue weighted by molar-refractivity contribution is 5.71. The van der Waals surface area contributed by atoms with E-state index in [1.54, 1.807) is 30.4 Å². The van der Waals surface area contributed by atoms with Gasteiger partial charge in [0, 0.05) is 19.4 Å². The number of hydrogen-bond acceptors (Lipinski definition) is 4. The minimum absolute atomic E-state index is 0.304. The molecule has 0 bridgehead atoms. The number of ether oxygens (including phenoxy) is 2. The van der Waals surface area contributed by atoms with Gasteiger partial charge in [0.05, 0.1) is 0 Å². The van der Waals surface area contributed by atoms with Crippen molar-refractivity contribution in [1.29, 1.82) is 0 Å². The highest BCUT2D eigenvalue weighted by atomic mass is 16.5. The van der Waals surface area contributed by atoms with Crippen molar-refractivity contribution in [3.63, 3.8) is 0 Å². The molecular weight excluding hydrogens is 304 g/mol. The van der Waals surface area contributed by atoms with Crippen LogP contribution in [0.3, 0.4) is 0 Å². The lowest BCUT2D eigenvalue weighted by Gasteiger charge is -2.03. The number of esters is 2. The molecule has 0 aliphatic heterocycles. The smallest absolute Gasteiger partial charge is 0.308 e. The van der Waals surface area contributed by atoms with Crippen LogP contribution in [0.2, 0.25) is 0 Å². The first kappa shape index (κ1) is 18.9. The fourth-order valence-electron chi connectivity index (χ4n) is 1.73. The molecule has 24 heavy (non-hydrogen) atoms. The first-order valence-electron chi connectivity index (χ1n) is 7.27. The predicted molar refractivity (Wildman–Crippen MR) is 95.7 cm³/mol. The lowest BCUT2D eigenvalue weighted by molar-refractivity contribution is -0.132. The number of rotatable bonds is 4. The number of carbonyl (C=O) groups is 2. The van der Waals surface area contributed by atoms with Crippen LogP contribution >= 0.6 is 0 Å². The molecule has 124 valence electrons. The molecule has 0 amide bonds. The van der Waals surface area contributed by atoms with Crippen molar-refractivity contribution < 1.29 is 19.1 Å². The molecule has 0 saturated heterocycles. The van der Waals surface area contributed by atoms with E-state index in [2.05, 4.69) is 13.2 Å². The Morgan fingerprint density at radius 1 is 0.833 bits per heavy atom. The maximum absolute atomic E-state index is 10.6. The molecule has 2 aromatic rings. The van der Waals surface area contributed by atoms with Gasteiger partial charge in [-0.1, -0.05) is 55.6 Å². The van der Waals surface area contributed by atoms with Crippen LogP contribution in [-0.4, -0.2) is 11.9 Å². The van der Waals surface area contributed by atoms with E-state index in [-0.39, 0.29) is 11.9 Å². The molecule has 0 N–H and O–H groups in total. The summed E-state index contributed by atoms with van der Waals surface area (Å²) in [4.78, 5) is 21.2. The SMILES string of the molecule is C=Cc1ccc(OC(C)=O)cc1.C=Cc1ccccc1OC(C)=O. The van der Waals surface area contributed by atoms with Crippen LogP contribution < -0.4 is 9.47 Å². The summed E-state index contributed by atoms with van der Waals surface area (Å²) in [5.41, 5.74) is 1.83. The molecule has 0 aliphatic carbocycles. The molecule has 0 atom stereocenters. The Morgan fingerprint density at radius 2 is 1.42 bits per heavy atom. The summed E-state index contributed by atoms with van der Waals surface area (Å²) in [5.74, 6) is 0.499. The molecule has 0 saturated carbocycles. The minimum Gasteiger partial charge on any atom is -0.427 e. The summed E-state index contributed by atoms with van der Waals surface area (Å²) >= 11 is 0. The van der Waals surface area contributed by atoms with Gasteiger partial charge in [-0.15, -0.1) is 0 Å². The maximum Gasteiger partial charge on any atom is 0.308 e. The van der Waals surface area contributed by atoms with E-state index in [9.17, 15) is 9.59 Å². The standard InChI is InChI=1S/2C10H10O2/c1-3-9-4-6-10(7-5-9)12-8(2)11;1-3-9-6-4-5-7-10(9)12-8(2)11/h2*3-7H,1H2,2H3. The molecule has 0 radical (unpaired) electrons. The molecule has 4 nitrogen and oxygen atoms in total. The Balaban J connectivity index is 0.000000240. The van der Waals surface area contributed by atoms with E-state index < -0.39 is 0 Å². The molecule has 2 rings (SSSR count). The number of hydrogen-bond donors (Lipinski definition) is 0. The molecule has 0 fully saturated rings. The van der Waals surface area contributed by atoms with E-state index in [4.69, 9.17) is 9.47 Å². The topological polar surface area (TPSA) is 52.6 Å². The van der Waals surface area contributed by atoms with E-state index in [1.807, 2.05) is 30.3 Å². The van der Waals surface area contributed by atoms with E-state index in [0.29, 0.717) is 11.5 Å². The van der Waals surface area contributed by atoms with Gasteiger partial charge in [0.15, 0.2) is 0 Å². The predicted octanol–water partition coefficient (Wildman–Crippen LogP) is 4.51. The summed E-state index contributed by atoms with van der Waals surface area (Å²) in [6, 6.07) is 14.4. The number of benzene rings is 2. The monoisotopic (exact) mass is 324 g/mol. The van der Waals surface area contributed by atoms with E-state index in [0.717, 1.165) is 11.1 Å². The Labute approximate surface area is 142 Å². The van der Waals surface area contributed by atoms with Gasteiger partial charge < -0.3 is 9.47 Å². The molecule has 0 aliphatic rings. The zero-order valence-electron chi connectivity index (χ0n) is 13.8. The minimum atomic E-state index is -0.315. The quantitative estimate of drug-likeness (QED) is 0.613. The Hall–Kier alpha value is -3.14. The third kappa shape index (κ3) is 6.75. The highest BCUT2D eigenvalue weighted by Gasteiger charge is 2.00. The van der Waals surface area contributed by atoms with Crippen LogP contribution in [0.1, 0.15) is 25.0 Å². The van der Waals surface area contributed by atoms with Gasteiger partial charge >= 0.3 is 11.9 Å². The zero-order valence-corrected chi connectivity index (χ0v) is 13.8. The lowest BCUT2D eigenvalue weighted by atomic mass is 10.2. The van der Waals surface area contributed by atoms with Gasteiger partial charge in [-0.05, 0) is 23.8 Å². The summed E-state index contributed by atoms with van der Waals surface area (Å²) in [7, 11) is 0. The van der Waals surface area contributed by atoms with Crippen molar-refractivity contribution in [2.45, 2.75) is 13.8 Å². The van der Waals surface area contributed by atoms with Crippen molar-refractivity contribution in [2.24, 2.45) is 0 Å². The third-order valence-electron chi connectivity index (χ3n) is 2.77. The second-order valence-electron chi connectivity index (χ2n) is 4.70. The normalized spacial score (nSPS) is 9.08. The summed E-state index contributed by atoms with van der Waals surface area (Å²) in [5, 5.41) is 0. The average Bonchev–Trinajstić information content (AvgIpc) is 2.55. The van der Waals surface area contributed by atoms with Crippen LogP contribution in [0.15, 0.2) is 61.7 Å². The first-order chi connectivity index (χ1) is 11.5. The molecule has 0 unspecified atom stereocenters. The Bertz CT molecular complexity index is 715. The van der Waals surface area contributed by atoms with Gasteiger partial charge in [-0.2, -0.15) is 0 Å². The molecule has 2 aromatic carbocycles. The molecule has 0 aromatic heterocycles. The second kappa shape index (κ2) is 9.79. The fraction of sp³-hybridized carbons (Fsp3) is 0.100. The maximum atomic E-state index is 10.6. The average molecular weight is 324 g/mol. The molecular formula is C20H20O4. The van der Waals surface area contributed by atoms with Crippen molar-refractivity contribution in [3.8, 4) is 11.5 Å². The van der Waals surface area contributed by atoms with E-state index >= 15 is 0 Å². The van der Waals surface area contributed by atoms with Gasteiger partial charge in [0.2, 0.25) is 0 Å². The summed E-state index contributed by atoms with van der Waals surface area (Å²) < 4.78 is 9.77. The molecule has 4 heteroatoms. The number of para-hydroxylation sites is 1. The number of carbonyl (C=O) groups excluding carboxylic acids is 2. The van der Waals surface area contributed by atoms with Crippen LogP contribution in [0.4, 0.5) is 0 Å². The largest absolute Gasteiger partial charge is 0.427 e. The van der Waals surface area contributed by atoms with Crippen LogP contribution in [0.5, 0.6) is 11.5 Å². The van der Waals surface area contributed by atoms with Crippen LogP contribution in [0.25, 0.3) is 12.2 Å². The molecule has 0 spiro atoms. The van der Waals surface area contributed by atoms with Gasteiger partial charge in [-0.3, -0.25) is 9.59 Å². The van der Waals surface area contributed by atoms with E-state index in [1.165, 1.54) is 13.8 Å². The Kier molecular flexibility index (Phi) is 7.71. The summed E-state index contributed by atoms with van der Waals surface area (Å²) in [6.45, 7) is 9.97.